The Labute approximate surface area is 121 Å². The zero-order valence-electron chi connectivity index (χ0n) is 12.7. The molecule has 0 saturated carbocycles. The van der Waals surface area contributed by atoms with Crippen molar-refractivity contribution in [2.24, 2.45) is 5.41 Å². The molecule has 4 nitrogen and oxygen atoms in total. The van der Waals surface area contributed by atoms with Gasteiger partial charge in [0.05, 0.1) is 19.8 Å². The summed E-state index contributed by atoms with van der Waals surface area (Å²) in [6.07, 6.45) is 6.22. The third kappa shape index (κ3) is 3.30. The Bertz CT molecular complexity index is 330. The van der Waals surface area contributed by atoms with E-state index in [4.69, 9.17) is 14.2 Å². The van der Waals surface area contributed by atoms with Crippen LogP contribution in [0.2, 0.25) is 0 Å². The van der Waals surface area contributed by atoms with Crippen LogP contribution in [0.25, 0.3) is 0 Å². The summed E-state index contributed by atoms with van der Waals surface area (Å²) in [6.45, 7) is 12.5. The van der Waals surface area contributed by atoms with Gasteiger partial charge in [0.15, 0.2) is 5.79 Å². The highest BCUT2D eigenvalue weighted by Crippen LogP contribution is 2.47. The lowest BCUT2D eigenvalue weighted by Gasteiger charge is -2.42. The van der Waals surface area contributed by atoms with Gasteiger partial charge < -0.3 is 14.2 Å². The van der Waals surface area contributed by atoms with Crippen molar-refractivity contribution in [1.82, 2.24) is 0 Å². The molecule has 0 aromatic rings. The number of hydrogen-bond acceptors (Lipinski definition) is 4. The lowest BCUT2D eigenvalue weighted by Crippen LogP contribution is -2.53. The van der Waals surface area contributed by atoms with Crippen molar-refractivity contribution >= 4 is 5.97 Å². The van der Waals surface area contributed by atoms with E-state index in [1.807, 2.05) is 13.8 Å². The van der Waals surface area contributed by atoms with Crippen LogP contribution in [0.15, 0.2) is 25.3 Å². The van der Waals surface area contributed by atoms with Gasteiger partial charge in [-0.3, -0.25) is 4.79 Å². The smallest absolute Gasteiger partial charge is 0.317 e. The molecule has 1 aliphatic rings. The summed E-state index contributed by atoms with van der Waals surface area (Å²) < 4.78 is 16.9. The largest absolute Gasteiger partial charge is 0.465 e. The van der Waals surface area contributed by atoms with E-state index in [1.165, 1.54) is 0 Å². The van der Waals surface area contributed by atoms with E-state index >= 15 is 0 Å². The minimum absolute atomic E-state index is 0.256. The number of rotatable bonds is 9. The Kier molecular flexibility index (Phi) is 6.43. The van der Waals surface area contributed by atoms with Gasteiger partial charge in [-0.05, 0) is 39.5 Å². The minimum atomic E-state index is -0.939. The molecule has 0 aliphatic carbocycles. The van der Waals surface area contributed by atoms with Crippen LogP contribution >= 0.6 is 0 Å². The Morgan fingerprint density at radius 1 is 1.25 bits per heavy atom. The average molecular weight is 282 g/mol. The molecule has 0 aromatic carbocycles. The molecular formula is C16H26O4. The van der Waals surface area contributed by atoms with Crippen LogP contribution in [0.1, 0.15) is 39.5 Å². The van der Waals surface area contributed by atoms with Crippen molar-refractivity contribution < 1.29 is 19.0 Å². The molecule has 1 heterocycles. The first kappa shape index (κ1) is 16.9. The van der Waals surface area contributed by atoms with E-state index in [0.29, 0.717) is 45.5 Å². The fourth-order valence-corrected chi connectivity index (χ4v) is 2.73. The predicted molar refractivity (Wildman–Crippen MR) is 78.2 cm³/mol. The van der Waals surface area contributed by atoms with Crippen LogP contribution in [0, 0.1) is 5.41 Å². The number of carbonyl (C=O) groups is 1. The first-order chi connectivity index (χ1) is 9.56. The van der Waals surface area contributed by atoms with Gasteiger partial charge in [-0.25, -0.2) is 0 Å². The molecule has 0 N–H and O–H groups in total. The maximum absolute atomic E-state index is 12.6. The SMILES string of the molecule is C=CCCC(CCC=C)(C(=O)OCC)C1(C)OCCO1. The van der Waals surface area contributed by atoms with Gasteiger partial charge in [0, 0.05) is 0 Å². The molecule has 0 spiro atoms. The average Bonchev–Trinajstić information content (AvgIpc) is 2.87. The van der Waals surface area contributed by atoms with Gasteiger partial charge in [0.2, 0.25) is 0 Å². The quantitative estimate of drug-likeness (QED) is 0.481. The van der Waals surface area contributed by atoms with E-state index < -0.39 is 11.2 Å². The van der Waals surface area contributed by atoms with Crippen LogP contribution < -0.4 is 0 Å². The molecule has 0 amide bonds. The molecule has 1 aliphatic heterocycles. The maximum Gasteiger partial charge on any atom is 0.317 e. The van der Waals surface area contributed by atoms with E-state index in [2.05, 4.69) is 13.2 Å². The van der Waals surface area contributed by atoms with Gasteiger partial charge in [-0.1, -0.05) is 12.2 Å². The third-order valence-corrected chi connectivity index (χ3v) is 3.92. The molecule has 0 radical (unpaired) electrons. The zero-order valence-corrected chi connectivity index (χ0v) is 12.7. The topological polar surface area (TPSA) is 44.8 Å². The monoisotopic (exact) mass is 282 g/mol. The van der Waals surface area contributed by atoms with Crippen LogP contribution in [0.4, 0.5) is 0 Å². The molecule has 0 aromatic heterocycles. The minimum Gasteiger partial charge on any atom is -0.465 e. The first-order valence-electron chi connectivity index (χ1n) is 7.23. The Morgan fingerprint density at radius 3 is 2.15 bits per heavy atom. The van der Waals surface area contributed by atoms with Crippen LogP contribution in [0.5, 0.6) is 0 Å². The normalized spacial score (nSPS) is 17.7. The molecule has 0 atom stereocenters. The summed E-state index contributed by atoms with van der Waals surface area (Å²) in [6, 6.07) is 0. The molecule has 114 valence electrons. The second-order valence-corrected chi connectivity index (χ2v) is 5.10. The number of hydrogen-bond donors (Lipinski definition) is 0. The van der Waals surface area contributed by atoms with Gasteiger partial charge in [0.25, 0.3) is 0 Å². The molecule has 1 saturated heterocycles. The standard InChI is InChI=1S/C16H26O4/c1-5-8-10-16(11-9-6-2,14(17)18-7-3)15(4)19-12-13-20-15/h5-6H,1-2,7-13H2,3-4H3. The molecule has 20 heavy (non-hydrogen) atoms. The predicted octanol–water partition coefficient (Wildman–Crippen LogP) is 3.23. The van der Waals surface area contributed by atoms with Crippen molar-refractivity contribution in [2.75, 3.05) is 19.8 Å². The highest BCUT2D eigenvalue weighted by atomic mass is 16.7. The maximum atomic E-state index is 12.6. The van der Waals surface area contributed by atoms with E-state index in [9.17, 15) is 4.79 Å². The van der Waals surface area contributed by atoms with Crippen LogP contribution in [-0.2, 0) is 19.0 Å². The lowest BCUT2D eigenvalue weighted by atomic mass is 9.72. The highest BCUT2D eigenvalue weighted by Gasteiger charge is 2.57. The molecule has 0 bridgehead atoms. The number of carbonyl (C=O) groups excluding carboxylic acids is 1. The van der Waals surface area contributed by atoms with Crippen molar-refractivity contribution in [3.8, 4) is 0 Å². The molecule has 4 heteroatoms. The van der Waals surface area contributed by atoms with Crippen molar-refractivity contribution in [3.05, 3.63) is 25.3 Å². The molecular weight excluding hydrogens is 256 g/mol. The van der Waals surface area contributed by atoms with E-state index in [0.717, 1.165) is 0 Å². The summed E-state index contributed by atoms with van der Waals surface area (Å²) in [7, 11) is 0. The third-order valence-electron chi connectivity index (χ3n) is 3.92. The van der Waals surface area contributed by atoms with Crippen molar-refractivity contribution in [3.63, 3.8) is 0 Å². The van der Waals surface area contributed by atoms with Gasteiger partial charge >= 0.3 is 5.97 Å². The summed E-state index contributed by atoms with van der Waals surface area (Å²) in [5, 5.41) is 0. The number of allylic oxidation sites excluding steroid dienone is 2. The Hall–Kier alpha value is -1.13. The molecule has 0 unspecified atom stereocenters. The molecule has 1 fully saturated rings. The first-order valence-corrected chi connectivity index (χ1v) is 7.23. The number of ether oxygens (including phenoxy) is 3. The lowest BCUT2D eigenvalue weighted by molar-refractivity contribution is -0.238. The Morgan fingerprint density at radius 2 is 1.75 bits per heavy atom. The van der Waals surface area contributed by atoms with Crippen molar-refractivity contribution in [2.45, 2.75) is 45.3 Å². The summed E-state index contributed by atoms with van der Waals surface area (Å²) in [5.74, 6) is -1.20. The fourth-order valence-electron chi connectivity index (χ4n) is 2.73. The zero-order chi connectivity index (χ0) is 15.1. The fraction of sp³-hybridized carbons (Fsp3) is 0.688. The van der Waals surface area contributed by atoms with Gasteiger partial charge in [-0.15, -0.1) is 13.2 Å². The second-order valence-electron chi connectivity index (χ2n) is 5.10. The number of esters is 1. The highest BCUT2D eigenvalue weighted by molar-refractivity contribution is 5.78. The van der Waals surface area contributed by atoms with E-state index in [-0.39, 0.29) is 5.97 Å². The molecule has 1 rings (SSSR count). The van der Waals surface area contributed by atoms with E-state index in [1.54, 1.807) is 12.2 Å². The van der Waals surface area contributed by atoms with Gasteiger partial charge in [-0.2, -0.15) is 0 Å². The van der Waals surface area contributed by atoms with Gasteiger partial charge in [0.1, 0.15) is 5.41 Å². The summed E-state index contributed by atoms with van der Waals surface area (Å²) in [4.78, 5) is 12.6. The summed E-state index contributed by atoms with van der Waals surface area (Å²) in [5.41, 5.74) is -0.818. The van der Waals surface area contributed by atoms with Crippen molar-refractivity contribution in [1.29, 1.82) is 0 Å². The Balaban J connectivity index is 3.11. The van der Waals surface area contributed by atoms with Crippen LogP contribution in [0.3, 0.4) is 0 Å². The second kappa shape index (κ2) is 7.60. The summed E-state index contributed by atoms with van der Waals surface area (Å²) >= 11 is 0. The van der Waals surface area contributed by atoms with Crippen LogP contribution in [-0.4, -0.2) is 31.6 Å².